The summed E-state index contributed by atoms with van der Waals surface area (Å²) >= 11 is 0. The van der Waals surface area contributed by atoms with Crippen LogP contribution in [0.3, 0.4) is 0 Å². The Morgan fingerprint density at radius 3 is 2.46 bits per heavy atom. The van der Waals surface area contributed by atoms with Crippen LogP contribution >= 0.6 is 0 Å². The van der Waals surface area contributed by atoms with Crippen LogP contribution in [0.25, 0.3) is 0 Å². The number of benzene rings is 2. The number of amides is 1. The molecule has 1 heterocycles. The summed E-state index contributed by atoms with van der Waals surface area (Å²) in [6.07, 6.45) is 0. The van der Waals surface area contributed by atoms with Crippen molar-refractivity contribution in [1.29, 1.82) is 0 Å². The highest BCUT2D eigenvalue weighted by Crippen LogP contribution is 2.22. The Labute approximate surface area is 141 Å². The summed E-state index contributed by atoms with van der Waals surface area (Å²) in [5, 5.41) is 13.2. The molecule has 0 unspecified atom stereocenters. The van der Waals surface area contributed by atoms with Crippen molar-refractivity contribution in [3.63, 3.8) is 0 Å². The fraction of sp³-hybridized carbons (Fsp3) is 0.158. The van der Waals surface area contributed by atoms with Gasteiger partial charge in [-0.15, -0.1) is 0 Å². The Morgan fingerprint density at radius 1 is 1.04 bits per heavy atom. The van der Waals surface area contributed by atoms with Crippen molar-refractivity contribution in [3.05, 3.63) is 71.9 Å². The van der Waals surface area contributed by atoms with Crippen LogP contribution in [0.1, 0.15) is 35.8 Å². The van der Waals surface area contributed by atoms with E-state index in [4.69, 9.17) is 0 Å². The highest BCUT2D eigenvalue weighted by molar-refractivity contribution is 6.08. The Kier molecular flexibility index (Phi) is 4.61. The largest absolute Gasteiger partial charge is 0.355 e. The second kappa shape index (κ2) is 7.00. The SMILES string of the molecule is CC(C)c1cc(NC(=O)c2ccccc2Nc2ccccc2)n[nH]1. The van der Waals surface area contributed by atoms with Gasteiger partial charge in [-0.25, -0.2) is 0 Å². The molecular formula is C19H20N4O. The molecule has 2 aromatic carbocycles. The molecule has 0 bridgehead atoms. The monoisotopic (exact) mass is 320 g/mol. The summed E-state index contributed by atoms with van der Waals surface area (Å²) in [4.78, 5) is 12.6. The second-order valence-corrected chi connectivity index (χ2v) is 5.85. The summed E-state index contributed by atoms with van der Waals surface area (Å²) in [7, 11) is 0. The summed E-state index contributed by atoms with van der Waals surface area (Å²) in [5.41, 5.74) is 3.23. The minimum atomic E-state index is -0.198. The zero-order chi connectivity index (χ0) is 16.9. The number of hydrogen-bond donors (Lipinski definition) is 3. The van der Waals surface area contributed by atoms with E-state index in [-0.39, 0.29) is 5.91 Å². The van der Waals surface area contributed by atoms with E-state index in [1.54, 1.807) is 6.07 Å². The molecule has 5 heteroatoms. The number of carbonyl (C=O) groups is 1. The van der Waals surface area contributed by atoms with Gasteiger partial charge in [-0.2, -0.15) is 5.10 Å². The van der Waals surface area contributed by atoms with Gasteiger partial charge >= 0.3 is 0 Å². The zero-order valence-electron chi connectivity index (χ0n) is 13.7. The van der Waals surface area contributed by atoms with E-state index in [9.17, 15) is 4.79 Å². The molecule has 0 saturated heterocycles. The van der Waals surface area contributed by atoms with Crippen LogP contribution in [0.15, 0.2) is 60.7 Å². The van der Waals surface area contributed by atoms with Gasteiger partial charge in [-0.05, 0) is 30.2 Å². The van der Waals surface area contributed by atoms with Gasteiger partial charge in [-0.1, -0.05) is 44.2 Å². The van der Waals surface area contributed by atoms with Gasteiger partial charge < -0.3 is 10.6 Å². The Balaban J connectivity index is 1.79. The van der Waals surface area contributed by atoms with Gasteiger partial charge in [0.2, 0.25) is 0 Å². The van der Waals surface area contributed by atoms with E-state index >= 15 is 0 Å². The van der Waals surface area contributed by atoms with E-state index in [1.807, 2.05) is 54.6 Å². The molecule has 1 amide bonds. The average Bonchev–Trinajstić information content (AvgIpc) is 3.05. The normalized spacial score (nSPS) is 10.6. The molecule has 0 aliphatic heterocycles. The second-order valence-electron chi connectivity index (χ2n) is 5.85. The molecule has 3 rings (SSSR count). The van der Waals surface area contributed by atoms with Crippen LogP contribution in [0.2, 0.25) is 0 Å². The topological polar surface area (TPSA) is 69.8 Å². The van der Waals surface area contributed by atoms with Crippen molar-refractivity contribution in [2.45, 2.75) is 19.8 Å². The van der Waals surface area contributed by atoms with Gasteiger partial charge in [0.25, 0.3) is 5.91 Å². The van der Waals surface area contributed by atoms with Crippen LogP contribution in [-0.2, 0) is 0 Å². The molecule has 24 heavy (non-hydrogen) atoms. The van der Waals surface area contributed by atoms with Crippen molar-refractivity contribution in [3.8, 4) is 0 Å². The van der Waals surface area contributed by atoms with Crippen LogP contribution in [0.5, 0.6) is 0 Å². The zero-order valence-corrected chi connectivity index (χ0v) is 13.7. The quantitative estimate of drug-likeness (QED) is 0.647. The predicted octanol–water partition coefficient (Wildman–Crippen LogP) is 4.53. The Hall–Kier alpha value is -3.08. The first-order valence-corrected chi connectivity index (χ1v) is 7.91. The van der Waals surface area contributed by atoms with Gasteiger partial charge in [0, 0.05) is 17.4 Å². The third-order valence-corrected chi connectivity index (χ3v) is 3.69. The minimum Gasteiger partial charge on any atom is -0.355 e. The van der Waals surface area contributed by atoms with Crippen LogP contribution in [0.4, 0.5) is 17.2 Å². The molecule has 0 spiro atoms. The van der Waals surface area contributed by atoms with E-state index in [0.717, 1.165) is 17.1 Å². The molecule has 5 nitrogen and oxygen atoms in total. The third-order valence-electron chi connectivity index (χ3n) is 3.69. The highest BCUT2D eigenvalue weighted by Gasteiger charge is 2.13. The van der Waals surface area contributed by atoms with Crippen LogP contribution < -0.4 is 10.6 Å². The van der Waals surface area contributed by atoms with Crippen molar-refractivity contribution in [2.24, 2.45) is 0 Å². The lowest BCUT2D eigenvalue weighted by molar-refractivity contribution is 0.102. The highest BCUT2D eigenvalue weighted by atomic mass is 16.1. The fourth-order valence-electron chi connectivity index (χ4n) is 2.35. The van der Waals surface area contributed by atoms with Gasteiger partial charge in [-0.3, -0.25) is 9.89 Å². The molecule has 3 N–H and O–H groups in total. The van der Waals surface area contributed by atoms with E-state index < -0.39 is 0 Å². The van der Waals surface area contributed by atoms with Crippen molar-refractivity contribution in [2.75, 3.05) is 10.6 Å². The average molecular weight is 320 g/mol. The number of nitrogens with one attached hydrogen (secondary N) is 3. The van der Waals surface area contributed by atoms with Gasteiger partial charge in [0.05, 0.1) is 11.3 Å². The molecule has 0 radical (unpaired) electrons. The molecular weight excluding hydrogens is 300 g/mol. The molecule has 0 aliphatic carbocycles. The van der Waals surface area contributed by atoms with Crippen molar-refractivity contribution in [1.82, 2.24) is 10.2 Å². The van der Waals surface area contributed by atoms with E-state index in [2.05, 4.69) is 34.7 Å². The van der Waals surface area contributed by atoms with E-state index in [1.165, 1.54) is 0 Å². The third kappa shape index (κ3) is 3.63. The molecule has 3 aromatic rings. The van der Waals surface area contributed by atoms with Crippen LogP contribution in [0, 0.1) is 0 Å². The standard InChI is InChI=1S/C19H20N4O/c1-13(2)17-12-18(23-22-17)21-19(24)15-10-6-7-11-16(15)20-14-8-4-3-5-9-14/h3-13,20H,1-2H3,(H2,21,22,23,24). The maximum absolute atomic E-state index is 12.6. The lowest BCUT2D eigenvalue weighted by Gasteiger charge is -2.11. The number of carbonyl (C=O) groups excluding carboxylic acids is 1. The maximum Gasteiger partial charge on any atom is 0.258 e. The van der Waals surface area contributed by atoms with Gasteiger partial charge in [0.15, 0.2) is 5.82 Å². The number of nitrogens with zero attached hydrogens (tertiary/aromatic N) is 1. The first-order valence-electron chi connectivity index (χ1n) is 7.91. The maximum atomic E-state index is 12.6. The number of anilines is 3. The summed E-state index contributed by atoms with van der Waals surface area (Å²) in [6, 6.07) is 19.0. The van der Waals surface area contributed by atoms with Crippen molar-refractivity contribution < 1.29 is 4.79 Å². The summed E-state index contributed by atoms with van der Waals surface area (Å²) < 4.78 is 0. The van der Waals surface area contributed by atoms with E-state index in [0.29, 0.717) is 17.3 Å². The minimum absolute atomic E-state index is 0.198. The Bertz CT molecular complexity index is 824. The number of rotatable bonds is 5. The number of aromatic nitrogens is 2. The first kappa shape index (κ1) is 15.8. The lowest BCUT2D eigenvalue weighted by atomic mass is 10.1. The van der Waals surface area contributed by atoms with Crippen LogP contribution in [-0.4, -0.2) is 16.1 Å². The molecule has 0 atom stereocenters. The van der Waals surface area contributed by atoms with Crippen molar-refractivity contribution >= 4 is 23.1 Å². The summed E-state index contributed by atoms with van der Waals surface area (Å²) in [5.74, 6) is 0.657. The Morgan fingerprint density at radius 2 is 1.75 bits per heavy atom. The molecule has 122 valence electrons. The number of aromatic amines is 1. The number of hydrogen-bond acceptors (Lipinski definition) is 3. The number of para-hydroxylation sites is 2. The molecule has 1 aromatic heterocycles. The van der Waals surface area contributed by atoms with Gasteiger partial charge in [0.1, 0.15) is 0 Å². The fourth-order valence-corrected chi connectivity index (χ4v) is 2.35. The number of H-pyrrole nitrogens is 1. The summed E-state index contributed by atoms with van der Waals surface area (Å²) in [6.45, 7) is 4.14. The molecule has 0 aliphatic rings. The first-order chi connectivity index (χ1) is 11.6. The molecule has 0 fully saturated rings. The lowest BCUT2D eigenvalue weighted by Crippen LogP contribution is -2.14. The molecule has 0 saturated carbocycles. The predicted molar refractivity (Wildman–Crippen MR) is 96.8 cm³/mol. The smallest absolute Gasteiger partial charge is 0.258 e.